The normalized spacial score (nSPS) is 15.6. The van der Waals surface area contributed by atoms with E-state index in [2.05, 4.69) is 16.2 Å². The monoisotopic (exact) mass is 305 g/mol. The van der Waals surface area contributed by atoms with Crippen LogP contribution in [0.5, 0.6) is 11.5 Å². The van der Waals surface area contributed by atoms with Gasteiger partial charge in [0.1, 0.15) is 13.2 Å². The fraction of sp³-hybridized carbons (Fsp3) is 0.357. The standard InChI is InChI=1S/C14H15N3O5/c18-12(16-17-14(20)13(19)15-9-2-3-9)8-1-4-10-11(7-8)22-6-5-21-10/h1,4,7,9H,2-3,5-6H2,(H,15,19)(H,16,18)(H,17,20). The lowest BCUT2D eigenvalue weighted by molar-refractivity contribution is -0.139. The van der Waals surface area contributed by atoms with Crippen LogP contribution in [-0.4, -0.2) is 37.0 Å². The topological polar surface area (TPSA) is 106 Å². The molecule has 0 bridgehead atoms. The molecule has 1 aromatic carbocycles. The number of rotatable bonds is 2. The first-order chi connectivity index (χ1) is 10.6. The maximum Gasteiger partial charge on any atom is 0.327 e. The van der Waals surface area contributed by atoms with Gasteiger partial charge in [-0.1, -0.05) is 0 Å². The van der Waals surface area contributed by atoms with Crippen molar-refractivity contribution in [2.24, 2.45) is 0 Å². The number of amides is 3. The predicted octanol–water partition coefficient (Wildman–Crippen LogP) is -0.503. The highest BCUT2D eigenvalue weighted by molar-refractivity contribution is 6.35. The molecule has 8 heteroatoms. The highest BCUT2D eigenvalue weighted by atomic mass is 16.6. The van der Waals surface area contributed by atoms with Gasteiger partial charge in [0, 0.05) is 11.6 Å². The van der Waals surface area contributed by atoms with Crippen molar-refractivity contribution in [2.75, 3.05) is 13.2 Å². The third-order valence-electron chi connectivity index (χ3n) is 3.21. The summed E-state index contributed by atoms with van der Waals surface area (Å²) in [4.78, 5) is 34.9. The second-order valence-corrected chi connectivity index (χ2v) is 5.01. The second-order valence-electron chi connectivity index (χ2n) is 5.01. The summed E-state index contributed by atoms with van der Waals surface area (Å²) in [5.41, 5.74) is 4.54. The molecule has 8 nitrogen and oxygen atoms in total. The van der Waals surface area contributed by atoms with Crippen LogP contribution in [0.2, 0.25) is 0 Å². The number of fused-ring (bicyclic) bond motifs is 1. The van der Waals surface area contributed by atoms with Crippen molar-refractivity contribution in [3.05, 3.63) is 23.8 Å². The Morgan fingerprint density at radius 3 is 2.41 bits per heavy atom. The summed E-state index contributed by atoms with van der Waals surface area (Å²) in [6, 6.07) is 4.75. The molecule has 1 fully saturated rings. The van der Waals surface area contributed by atoms with Crippen molar-refractivity contribution in [2.45, 2.75) is 18.9 Å². The highest BCUT2D eigenvalue weighted by Crippen LogP contribution is 2.30. The quantitative estimate of drug-likeness (QED) is 0.504. The minimum absolute atomic E-state index is 0.0757. The number of nitrogens with one attached hydrogen (secondary N) is 3. The zero-order valence-electron chi connectivity index (χ0n) is 11.7. The summed E-state index contributed by atoms with van der Waals surface area (Å²) in [5.74, 6) is -1.18. The van der Waals surface area contributed by atoms with Crippen LogP contribution in [0.1, 0.15) is 23.2 Å². The summed E-state index contributed by atoms with van der Waals surface area (Å²) in [7, 11) is 0. The van der Waals surface area contributed by atoms with Gasteiger partial charge in [0.15, 0.2) is 11.5 Å². The molecule has 1 aromatic rings. The van der Waals surface area contributed by atoms with Crippen LogP contribution in [0, 0.1) is 0 Å². The van der Waals surface area contributed by atoms with Gasteiger partial charge in [-0.2, -0.15) is 0 Å². The summed E-state index contributed by atoms with van der Waals surface area (Å²) in [6.07, 6.45) is 1.76. The largest absolute Gasteiger partial charge is 0.486 e. The van der Waals surface area contributed by atoms with E-state index in [0.29, 0.717) is 24.7 Å². The number of hydrogen-bond donors (Lipinski definition) is 3. The number of benzene rings is 1. The lowest BCUT2D eigenvalue weighted by atomic mass is 10.2. The average molecular weight is 305 g/mol. The molecular weight excluding hydrogens is 290 g/mol. The average Bonchev–Trinajstić information content (AvgIpc) is 3.35. The highest BCUT2D eigenvalue weighted by Gasteiger charge is 2.26. The Kier molecular flexibility index (Phi) is 3.82. The molecule has 1 heterocycles. The third kappa shape index (κ3) is 3.27. The van der Waals surface area contributed by atoms with E-state index in [-0.39, 0.29) is 11.6 Å². The predicted molar refractivity (Wildman–Crippen MR) is 74.2 cm³/mol. The van der Waals surface area contributed by atoms with Gasteiger partial charge in [-0.15, -0.1) is 0 Å². The van der Waals surface area contributed by atoms with E-state index in [9.17, 15) is 14.4 Å². The molecule has 0 atom stereocenters. The van der Waals surface area contributed by atoms with Crippen LogP contribution < -0.4 is 25.6 Å². The maximum absolute atomic E-state index is 11.9. The minimum atomic E-state index is -0.905. The van der Waals surface area contributed by atoms with Gasteiger partial charge in [0.05, 0.1) is 0 Å². The van der Waals surface area contributed by atoms with Crippen LogP contribution in [-0.2, 0) is 9.59 Å². The summed E-state index contributed by atoms with van der Waals surface area (Å²) in [5, 5.41) is 2.52. The maximum atomic E-state index is 11.9. The first-order valence-corrected chi connectivity index (χ1v) is 6.94. The molecule has 1 saturated carbocycles. The van der Waals surface area contributed by atoms with E-state index in [1.165, 1.54) is 6.07 Å². The Balaban J connectivity index is 1.55. The molecule has 22 heavy (non-hydrogen) atoms. The molecule has 3 amide bonds. The van der Waals surface area contributed by atoms with E-state index in [0.717, 1.165) is 12.8 Å². The number of carbonyl (C=O) groups is 3. The molecule has 116 valence electrons. The Morgan fingerprint density at radius 1 is 0.955 bits per heavy atom. The van der Waals surface area contributed by atoms with Gasteiger partial charge in [0.2, 0.25) is 0 Å². The van der Waals surface area contributed by atoms with Gasteiger partial charge in [-0.3, -0.25) is 25.2 Å². The first kappa shape index (κ1) is 14.2. The Bertz CT molecular complexity index is 627. The van der Waals surface area contributed by atoms with Crippen LogP contribution in [0.25, 0.3) is 0 Å². The molecule has 3 rings (SSSR count). The molecule has 0 spiro atoms. The van der Waals surface area contributed by atoms with Crippen LogP contribution in [0.4, 0.5) is 0 Å². The van der Waals surface area contributed by atoms with E-state index < -0.39 is 17.7 Å². The summed E-state index contributed by atoms with van der Waals surface area (Å²) in [6.45, 7) is 0.876. The zero-order chi connectivity index (χ0) is 15.5. The number of hydrogen-bond acceptors (Lipinski definition) is 5. The minimum Gasteiger partial charge on any atom is -0.486 e. The third-order valence-corrected chi connectivity index (χ3v) is 3.21. The van der Waals surface area contributed by atoms with Crippen LogP contribution >= 0.6 is 0 Å². The van der Waals surface area contributed by atoms with Crippen molar-refractivity contribution in [1.29, 1.82) is 0 Å². The Morgan fingerprint density at radius 2 is 1.68 bits per heavy atom. The van der Waals surface area contributed by atoms with Crippen LogP contribution in [0.15, 0.2) is 18.2 Å². The Hall–Kier alpha value is -2.77. The van der Waals surface area contributed by atoms with Gasteiger partial charge in [0.25, 0.3) is 5.91 Å². The summed E-state index contributed by atoms with van der Waals surface area (Å²) < 4.78 is 10.7. The molecular formula is C14H15N3O5. The molecule has 0 unspecified atom stereocenters. The fourth-order valence-electron chi connectivity index (χ4n) is 1.91. The number of carbonyl (C=O) groups excluding carboxylic acids is 3. The van der Waals surface area contributed by atoms with Gasteiger partial charge < -0.3 is 14.8 Å². The van der Waals surface area contributed by atoms with Crippen molar-refractivity contribution >= 4 is 17.7 Å². The van der Waals surface area contributed by atoms with Crippen LogP contribution in [0.3, 0.4) is 0 Å². The molecule has 1 aliphatic carbocycles. The van der Waals surface area contributed by atoms with E-state index in [4.69, 9.17) is 9.47 Å². The molecule has 1 aliphatic heterocycles. The second kappa shape index (κ2) is 5.92. The lowest BCUT2D eigenvalue weighted by Gasteiger charge is -2.18. The van der Waals surface area contributed by atoms with Gasteiger partial charge in [-0.05, 0) is 31.0 Å². The van der Waals surface area contributed by atoms with E-state index in [1.54, 1.807) is 12.1 Å². The number of ether oxygens (including phenoxy) is 2. The molecule has 2 aliphatic rings. The van der Waals surface area contributed by atoms with Gasteiger partial charge >= 0.3 is 11.8 Å². The Labute approximate surface area is 126 Å². The lowest BCUT2D eigenvalue weighted by Crippen LogP contribution is -2.49. The zero-order valence-corrected chi connectivity index (χ0v) is 11.7. The summed E-state index contributed by atoms with van der Waals surface area (Å²) >= 11 is 0. The molecule has 0 aromatic heterocycles. The number of hydrazine groups is 1. The fourth-order valence-corrected chi connectivity index (χ4v) is 1.91. The smallest absolute Gasteiger partial charge is 0.327 e. The molecule has 3 N–H and O–H groups in total. The van der Waals surface area contributed by atoms with Crippen molar-refractivity contribution in [3.63, 3.8) is 0 Å². The SMILES string of the molecule is O=C(NNC(=O)c1ccc2c(c1)OCCO2)C(=O)NC1CC1. The molecule has 0 saturated heterocycles. The van der Waals surface area contributed by atoms with Crippen molar-refractivity contribution in [3.8, 4) is 11.5 Å². The van der Waals surface area contributed by atoms with E-state index >= 15 is 0 Å². The van der Waals surface area contributed by atoms with Crippen molar-refractivity contribution in [1.82, 2.24) is 16.2 Å². The van der Waals surface area contributed by atoms with E-state index in [1.807, 2.05) is 0 Å². The molecule has 0 radical (unpaired) electrons. The van der Waals surface area contributed by atoms with Gasteiger partial charge in [-0.25, -0.2) is 0 Å². The van der Waals surface area contributed by atoms with Crippen molar-refractivity contribution < 1.29 is 23.9 Å². The first-order valence-electron chi connectivity index (χ1n) is 6.94.